The molecule has 2 atom stereocenters. The summed E-state index contributed by atoms with van der Waals surface area (Å²) in [7, 11) is 0. The van der Waals surface area contributed by atoms with Gasteiger partial charge in [-0.05, 0) is 19.8 Å². The molecule has 0 aromatic carbocycles. The average Bonchev–Trinajstić information content (AvgIpc) is 2.86. The molecule has 116 valence electrons. The molecule has 1 heterocycles. The van der Waals surface area contributed by atoms with Crippen LogP contribution in [0.1, 0.15) is 26.2 Å². The SMILES string of the molecule is CC(O)CN(CCC(=O)O)CC(=O)NCC1CCCO1. The van der Waals surface area contributed by atoms with Crippen LogP contribution < -0.4 is 5.32 Å². The topological polar surface area (TPSA) is 99.1 Å². The average molecular weight is 288 g/mol. The standard InChI is InChI=1S/C13H24N2O5/c1-10(16)8-15(5-4-13(18)19)9-12(17)14-7-11-3-2-6-20-11/h10-11,16H,2-9H2,1H3,(H,14,17)(H,18,19). The zero-order valence-corrected chi connectivity index (χ0v) is 11.9. The zero-order valence-electron chi connectivity index (χ0n) is 11.9. The predicted octanol–water partition coefficient (Wildman–Crippen LogP) is -0.561. The second-order valence-electron chi connectivity index (χ2n) is 5.17. The number of carboxylic acid groups (broad SMARTS) is 1. The first kappa shape index (κ1) is 16.9. The van der Waals surface area contributed by atoms with Crippen LogP contribution in [0.15, 0.2) is 0 Å². The molecular formula is C13H24N2O5. The second-order valence-corrected chi connectivity index (χ2v) is 5.17. The maximum absolute atomic E-state index is 11.8. The van der Waals surface area contributed by atoms with E-state index in [0.29, 0.717) is 6.54 Å². The predicted molar refractivity (Wildman–Crippen MR) is 72.4 cm³/mol. The Bertz CT molecular complexity index is 316. The molecule has 2 unspecified atom stereocenters. The number of carbonyl (C=O) groups is 2. The lowest BCUT2D eigenvalue weighted by Crippen LogP contribution is -2.43. The molecule has 0 aliphatic carbocycles. The number of carboxylic acids is 1. The van der Waals surface area contributed by atoms with Crippen molar-refractivity contribution >= 4 is 11.9 Å². The molecule has 7 heteroatoms. The van der Waals surface area contributed by atoms with Gasteiger partial charge in [0.05, 0.1) is 25.2 Å². The van der Waals surface area contributed by atoms with Crippen molar-refractivity contribution in [1.82, 2.24) is 10.2 Å². The molecule has 0 bridgehead atoms. The number of rotatable bonds is 9. The summed E-state index contributed by atoms with van der Waals surface area (Å²) < 4.78 is 5.41. The Labute approximate surface area is 118 Å². The van der Waals surface area contributed by atoms with Crippen LogP contribution in [0.2, 0.25) is 0 Å². The van der Waals surface area contributed by atoms with Gasteiger partial charge in [-0.3, -0.25) is 14.5 Å². The molecule has 1 fully saturated rings. The van der Waals surface area contributed by atoms with Gasteiger partial charge in [-0.1, -0.05) is 0 Å². The maximum Gasteiger partial charge on any atom is 0.304 e. The van der Waals surface area contributed by atoms with Crippen LogP contribution in [-0.4, -0.2) is 72.0 Å². The van der Waals surface area contributed by atoms with Crippen LogP contribution in [0.25, 0.3) is 0 Å². The minimum atomic E-state index is -0.916. The van der Waals surface area contributed by atoms with Crippen molar-refractivity contribution in [3.05, 3.63) is 0 Å². The summed E-state index contributed by atoms with van der Waals surface area (Å²) in [5.41, 5.74) is 0. The van der Waals surface area contributed by atoms with Gasteiger partial charge in [-0.2, -0.15) is 0 Å². The number of amides is 1. The van der Waals surface area contributed by atoms with Gasteiger partial charge >= 0.3 is 5.97 Å². The Balaban J connectivity index is 2.29. The van der Waals surface area contributed by atoms with Crippen LogP contribution in [0, 0.1) is 0 Å². The second kappa shape index (κ2) is 8.89. The molecule has 1 amide bonds. The number of aliphatic carboxylic acids is 1. The van der Waals surface area contributed by atoms with E-state index in [4.69, 9.17) is 9.84 Å². The van der Waals surface area contributed by atoms with Gasteiger partial charge in [0, 0.05) is 26.2 Å². The van der Waals surface area contributed by atoms with E-state index in [2.05, 4.69) is 5.32 Å². The van der Waals surface area contributed by atoms with Gasteiger partial charge in [-0.25, -0.2) is 0 Å². The van der Waals surface area contributed by atoms with E-state index in [9.17, 15) is 14.7 Å². The van der Waals surface area contributed by atoms with Gasteiger partial charge in [-0.15, -0.1) is 0 Å². The Morgan fingerprint density at radius 2 is 2.25 bits per heavy atom. The number of hydrogen-bond donors (Lipinski definition) is 3. The third kappa shape index (κ3) is 7.42. The molecule has 20 heavy (non-hydrogen) atoms. The third-order valence-corrected chi connectivity index (χ3v) is 3.08. The highest BCUT2D eigenvalue weighted by Crippen LogP contribution is 2.10. The molecule has 0 aromatic rings. The molecule has 0 aromatic heterocycles. The van der Waals surface area contributed by atoms with Crippen LogP contribution >= 0.6 is 0 Å². The van der Waals surface area contributed by atoms with Crippen molar-refractivity contribution in [1.29, 1.82) is 0 Å². The third-order valence-electron chi connectivity index (χ3n) is 3.08. The molecule has 1 aliphatic heterocycles. The fourth-order valence-electron chi connectivity index (χ4n) is 2.15. The number of nitrogens with zero attached hydrogens (tertiary/aromatic N) is 1. The lowest BCUT2D eigenvalue weighted by molar-refractivity contribution is -0.138. The summed E-state index contributed by atoms with van der Waals surface area (Å²) in [4.78, 5) is 24.0. The summed E-state index contributed by atoms with van der Waals surface area (Å²) in [5.74, 6) is -1.09. The molecule has 7 nitrogen and oxygen atoms in total. The highest BCUT2D eigenvalue weighted by atomic mass is 16.5. The van der Waals surface area contributed by atoms with Crippen LogP contribution in [-0.2, 0) is 14.3 Å². The lowest BCUT2D eigenvalue weighted by Gasteiger charge is -2.22. The van der Waals surface area contributed by atoms with Crippen molar-refractivity contribution in [2.75, 3.05) is 32.8 Å². The van der Waals surface area contributed by atoms with Gasteiger partial charge < -0.3 is 20.3 Å². The van der Waals surface area contributed by atoms with E-state index < -0.39 is 12.1 Å². The van der Waals surface area contributed by atoms with Crippen molar-refractivity contribution in [2.45, 2.75) is 38.4 Å². The summed E-state index contributed by atoms with van der Waals surface area (Å²) in [5, 5.41) is 20.8. The number of aliphatic hydroxyl groups is 1. The summed E-state index contributed by atoms with van der Waals surface area (Å²) in [6.45, 7) is 3.45. The van der Waals surface area contributed by atoms with E-state index in [0.717, 1.165) is 19.4 Å². The van der Waals surface area contributed by atoms with E-state index >= 15 is 0 Å². The highest BCUT2D eigenvalue weighted by molar-refractivity contribution is 5.78. The maximum atomic E-state index is 11.8. The molecule has 0 spiro atoms. The monoisotopic (exact) mass is 288 g/mol. The van der Waals surface area contributed by atoms with Gasteiger partial charge in [0.25, 0.3) is 0 Å². The van der Waals surface area contributed by atoms with Crippen LogP contribution in [0.4, 0.5) is 0 Å². The molecule has 3 N–H and O–H groups in total. The normalized spacial score (nSPS) is 20.1. The molecule has 1 saturated heterocycles. The summed E-state index contributed by atoms with van der Waals surface area (Å²) >= 11 is 0. The van der Waals surface area contributed by atoms with E-state index in [1.165, 1.54) is 0 Å². The molecular weight excluding hydrogens is 264 g/mol. The van der Waals surface area contributed by atoms with Gasteiger partial charge in [0.2, 0.25) is 5.91 Å². The summed E-state index contributed by atoms with van der Waals surface area (Å²) in [6, 6.07) is 0. The first-order valence-corrected chi connectivity index (χ1v) is 6.98. The fourth-order valence-corrected chi connectivity index (χ4v) is 2.15. The summed E-state index contributed by atoms with van der Waals surface area (Å²) in [6.07, 6.45) is 1.41. The molecule has 0 radical (unpaired) electrons. The molecule has 1 rings (SSSR count). The first-order chi connectivity index (χ1) is 9.47. The van der Waals surface area contributed by atoms with Crippen molar-refractivity contribution in [3.63, 3.8) is 0 Å². The van der Waals surface area contributed by atoms with Crippen LogP contribution in [0.5, 0.6) is 0 Å². The number of hydrogen-bond acceptors (Lipinski definition) is 5. The van der Waals surface area contributed by atoms with Gasteiger partial charge in [0.15, 0.2) is 0 Å². The quantitative estimate of drug-likeness (QED) is 0.526. The minimum Gasteiger partial charge on any atom is -0.481 e. The Hall–Kier alpha value is -1.18. The Morgan fingerprint density at radius 1 is 1.50 bits per heavy atom. The largest absolute Gasteiger partial charge is 0.481 e. The molecule has 0 saturated carbocycles. The number of ether oxygens (including phenoxy) is 1. The first-order valence-electron chi connectivity index (χ1n) is 6.98. The molecule has 1 aliphatic rings. The number of nitrogens with one attached hydrogen (secondary N) is 1. The van der Waals surface area contributed by atoms with E-state index in [-0.39, 0.29) is 38.1 Å². The number of carbonyl (C=O) groups excluding carboxylic acids is 1. The van der Waals surface area contributed by atoms with E-state index in [1.807, 2.05) is 0 Å². The van der Waals surface area contributed by atoms with Crippen LogP contribution in [0.3, 0.4) is 0 Å². The lowest BCUT2D eigenvalue weighted by atomic mass is 10.2. The minimum absolute atomic E-state index is 0.0499. The Morgan fingerprint density at radius 3 is 2.80 bits per heavy atom. The van der Waals surface area contributed by atoms with Crippen molar-refractivity contribution in [2.24, 2.45) is 0 Å². The van der Waals surface area contributed by atoms with Crippen molar-refractivity contribution < 1.29 is 24.5 Å². The van der Waals surface area contributed by atoms with Crippen molar-refractivity contribution in [3.8, 4) is 0 Å². The number of aliphatic hydroxyl groups excluding tert-OH is 1. The fraction of sp³-hybridized carbons (Fsp3) is 0.846. The highest BCUT2D eigenvalue weighted by Gasteiger charge is 2.18. The zero-order chi connectivity index (χ0) is 15.0. The smallest absolute Gasteiger partial charge is 0.304 e. The van der Waals surface area contributed by atoms with Gasteiger partial charge in [0.1, 0.15) is 0 Å². The Kier molecular flexibility index (Phi) is 7.50. The van der Waals surface area contributed by atoms with E-state index in [1.54, 1.807) is 11.8 Å².